The number of nitrogens with one attached hydrogen (secondary N) is 2. The Morgan fingerprint density at radius 1 is 1.78 bits per heavy atom. The molecular weight excluding hydrogens is 120 g/mol. The summed E-state index contributed by atoms with van der Waals surface area (Å²) in [4.78, 5) is 12.8. The first-order valence-corrected chi connectivity index (χ1v) is 2.32. The predicted octanol–water partition coefficient (Wildman–Crippen LogP) is -1.63. The monoisotopic (exact) mass is 126 g/mol. The number of nitrogens with two attached hydrogens (primary N) is 1. The van der Waals surface area contributed by atoms with Gasteiger partial charge in [0.2, 0.25) is 0 Å². The van der Waals surface area contributed by atoms with Gasteiger partial charge in [-0.25, -0.2) is 4.79 Å². The highest BCUT2D eigenvalue weighted by molar-refractivity contribution is 4.78. The molecule has 1 aromatic heterocycles. The Labute approximate surface area is 50.2 Å². The zero-order valence-electron chi connectivity index (χ0n) is 4.59. The largest absolute Gasteiger partial charge is 0.345 e. The first kappa shape index (κ1) is 5.61. The number of aromatic nitrogens is 2. The summed E-state index contributed by atoms with van der Waals surface area (Å²) in [5.74, 6) is 5.07. The van der Waals surface area contributed by atoms with Crippen LogP contribution in [0.25, 0.3) is 0 Å². The molecule has 0 aromatic carbocycles. The van der Waals surface area contributed by atoms with E-state index >= 15 is 0 Å². The van der Waals surface area contributed by atoms with Gasteiger partial charge in [0, 0.05) is 6.20 Å². The molecule has 0 aliphatic heterocycles. The lowest BCUT2D eigenvalue weighted by molar-refractivity contribution is 0.796. The summed E-state index contributed by atoms with van der Waals surface area (Å²) in [6.07, 6.45) is 1.37. The minimum absolute atomic E-state index is 0.0150. The summed E-state index contributed by atoms with van der Waals surface area (Å²) in [6, 6.07) is 1.39. The Bertz CT molecular complexity index is 281. The van der Waals surface area contributed by atoms with Crippen LogP contribution >= 0.6 is 0 Å². The van der Waals surface area contributed by atoms with Crippen molar-refractivity contribution in [3.63, 3.8) is 0 Å². The van der Waals surface area contributed by atoms with E-state index in [-0.39, 0.29) is 5.49 Å². The zero-order valence-corrected chi connectivity index (χ0v) is 4.59. The highest BCUT2D eigenvalue weighted by Gasteiger charge is 1.86. The van der Waals surface area contributed by atoms with Crippen LogP contribution in [-0.2, 0) is 0 Å². The lowest BCUT2D eigenvalue weighted by Gasteiger charge is -1.91. The molecule has 4 N–H and O–H groups in total. The van der Waals surface area contributed by atoms with Crippen LogP contribution < -0.4 is 17.0 Å². The minimum atomic E-state index is -0.484. The third-order valence-corrected chi connectivity index (χ3v) is 0.926. The first-order valence-electron chi connectivity index (χ1n) is 2.32. The van der Waals surface area contributed by atoms with E-state index in [0.29, 0.717) is 0 Å². The highest BCUT2D eigenvalue weighted by Crippen LogP contribution is 1.54. The second-order valence-corrected chi connectivity index (χ2v) is 1.54. The van der Waals surface area contributed by atoms with Gasteiger partial charge in [0.25, 0.3) is 0 Å². The van der Waals surface area contributed by atoms with Crippen molar-refractivity contribution in [1.29, 1.82) is 5.41 Å². The van der Waals surface area contributed by atoms with E-state index in [9.17, 15) is 4.79 Å². The van der Waals surface area contributed by atoms with Gasteiger partial charge in [-0.15, -0.1) is 0 Å². The normalized spacial score (nSPS) is 9.33. The Morgan fingerprint density at radius 3 is 2.89 bits per heavy atom. The van der Waals surface area contributed by atoms with Gasteiger partial charge in [0.1, 0.15) is 5.49 Å². The number of nitrogens with zero attached hydrogens (tertiary/aromatic N) is 1. The van der Waals surface area contributed by atoms with Crippen molar-refractivity contribution in [3.8, 4) is 0 Å². The van der Waals surface area contributed by atoms with Crippen LogP contribution in [0.15, 0.2) is 17.1 Å². The second-order valence-electron chi connectivity index (χ2n) is 1.54. The van der Waals surface area contributed by atoms with E-state index in [2.05, 4.69) is 4.98 Å². The first-order chi connectivity index (χ1) is 4.22. The summed E-state index contributed by atoms with van der Waals surface area (Å²) >= 11 is 0. The third-order valence-electron chi connectivity index (χ3n) is 0.926. The third kappa shape index (κ3) is 0.835. The van der Waals surface area contributed by atoms with Gasteiger partial charge in [-0.3, -0.25) is 5.41 Å². The number of hydrogen-bond donors (Lipinski definition) is 3. The molecule has 0 unspecified atom stereocenters. The van der Waals surface area contributed by atoms with Crippen molar-refractivity contribution in [2.45, 2.75) is 0 Å². The van der Waals surface area contributed by atoms with Gasteiger partial charge >= 0.3 is 5.69 Å². The minimum Gasteiger partial charge on any atom is -0.333 e. The summed E-state index contributed by atoms with van der Waals surface area (Å²) in [7, 11) is 0. The molecule has 48 valence electrons. The zero-order chi connectivity index (χ0) is 6.85. The van der Waals surface area contributed by atoms with Crippen molar-refractivity contribution in [2.75, 3.05) is 5.84 Å². The fourth-order valence-electron chi connectivity index (χ4n) is 0.451. The van der Waals surface area contributed by atoms with E-state index in [1.807, 2.05) is 0 Å². The van der Waals surface area contributed by atoms with Gasteiger partial charge in [-0.2, -0.15) is 4.68 Å². The number of rotatable bonds is 0. The molecule has 0 aliphatic rings. The van der Waals surface area contributed by atoms with Gasteiger partial charge in [-0.05, 0) is 6.07 Å². The Hall–Kier alpha value is -1.52. The molecule has 0 saturated carbocycles. The maximum Gasteiger partial charge on any atom is 0.345 e. The molecule has 5 nitrogen and oxygen atoms in total. The molecule has 1 rings (SSSR count). The molecule has 5 heteroatoms. The molecule has 0 atom stereocenters. The average molecular weight is 126 g/mol. The topological polar surface area (TPSA) is 87.7 Å². The van der Waals surface area contributed by atoms with Crippen LogP contribution in [0.1, 0.15) is 0 Å². The summed E-state index contributed by atoms with van der Waals surface area (Å²) in [5, 5.41) is 6.98. The van der Waals surface area contributed by atoms with Crippen LogP contribution in [0.3, 0.4) is 0 Å². The van der Waals surface area contributed by atoms with Gasteiger partial charge < -0.3 is 10.8 Å². The number of H-pyrrole nitrogens is 1. The average Bonchev–Trinajstić information content (AvgIpc) is 1.83. The molecule has 0 aliphatic carbocycles. The summed E-state index contributed by atoms with van der Waals surface area (Å²) in [6.45, 7) is 0. The van der Waals surface area contributed by atoms with E-state index in [1.54, 1.807) is 0 Å². The van der Waals surface area contributed by atoms with Crippen molar-refractivity contribution in [2.24, 2.45) is 0 Å². The molecule has 0 spiro atoms. The maximum atomic E-state index is 10.5. The predicted molar refractivity (Wildman–Crippen MR) is 31.1 cm³/mol. The van der Waals surface area contributed by atoms with Crippen LogP contribution in [0.4, 0.5) is 0 Å². The number of aromatic amines is 1. The van der Waals surface area contributed by atoms with E-state index in [4.69, 9.17) is 11.3 Å². The molecular formula is C4H6N4O. The van der Waals surface area contributed by atoms with Crippen LogP contribution in [0.2, 0.25) is 0 Å². The van der Waals surface area contributed by atoms with E-state index in [0.717, 1.165) is 4.68 Å². The molecule has 0 saturated heterocycles. The van der Waals surface area contributed by atoms with Gasteiger partial charge in [-0.1, -0.05) is 0 Å². The standard InChI is InChI=1S/C4H6N4O/c5-3-1-2-7-4(9)8(3)6/h1-2,5H,6H2,(H,7,9). The summed E-state index contributed by atoms with van der Waals surface area (Å²) in [5.41, 5.74) is -0.499. The molecule has 0 radical (unpaired) electrons. The molecule has 1 heterocycles. The fourth-order valence-corrected chi connectivity index (χ4v) is 0.451. The quantitative estimate of drug-likeness (QED) is 0.364. The number of hydrogen-bond acceptors (Lipinski definition) is 3. The fraction of sp³-hybridized carbons (Fsp3) is 0. The van der Waals surface area contributed by atoms with Crippen molar-refractivity contribution in [1.82, 2.24) is 9.66 Å². The van der Waals surface area contributed by atoms with Crippen molar-refractivity contribution >= 4 is 0 Å². The number of nitrogen functional groups attached to an aromatic ring is 1. The Kier molecular flexibility index (Phi) is 1.11. The van der Waals surface area contributed by atoms with E-state index in [1.165, 1.54) is 12.3 Å². The highest BCUT2D eigenvalue weighted by atomic mass is 16.1. The van der Waals surface area contributed by atoms with Crippen molar-refractivity contribution in [3.05, 3.63) is 28.2 Å². The molecule has 0 amide bonds. The lowest BCUT2D eigenvalue weighted by atomic mass is 10.6. The van der Waals surface area contributed by atoms with Crippen molar-refractivity contribution < 1.29 is 0 Å². The SMILES string of the molecule is N=c1cc[nH]c(=O)n1N. The molecule has 1 aromatic rings. The van der Waals surface area contributed by atoms with Crippen LogP contribution in [0.5, 0.6) is 0 Å². The maximum absolute atomic E-state index is 10.5. The van der Waals surface area contributed by atoms with E-state index < -0.39 is 5.69 Å². The second kappa shape index (κ2) is 1.77. The molecule has 0 bridgehead atoms. The Morgan fingerprint density at radius 2 is 2.44 bits per heavy atom. The molecule has 9 heavy (non-hydrogen) atoms. The van der Waals surface area contributed by atoms with Gasteiger partial charge in [0.15, 0.2) is 0 Å². The lowest BCUT2D eigenvalue weighted by Crippen LogP contribution is -2.39. The Balaban J connectivity index is 3.62. The molecule has 0 fully saturated rings. The smallest absolute Gasteiger partial charge is 0.333 e. The van der Waals surface area contributed by atoms with Crippen LogP contribution in [0, 0.1) is 5.41 Å². The van der Waals surface area contributed by atoms with Gasteiger partial charge in [0.05, 0.1) is 0 Å². The van der Waals surface area contributed by atoms with Crippen LogP contribution in [-0.4, -0.2) is 9.66 Å². The summed E-state index contributed by atoms with van der Waals surface area (Å²) < 4.78 is 0.722.